The summed E-state index contributed by atoms with van der Waals surface area (Å²) in [7, 11) is 1.67. The number of nitrogens with two attached hydrogens (primary N) is 1. The van der Waals surface area contributed by atoms with E-state index >= 15 is 0 Å². The Labute approximate surface area is 162 Å². The highest BCUT2D eigenvalue weighted by molar-refractivity contribution is 6.02. The highest BCUT2D eigenvalue weighted by Gasteiger charge is 2.24. The molecule has 1 heterocycles. The molecule has 2 rings (SSSR count). The minimum atomic E-state index is -0.378. The van der Waals surface area contributed by atoms with Crippen molar-refractivity contribution in [2.45, 2.75) is 53.5 Å². The zero-order chi connectivity index (χ0) is 20.0. The van der Waals surface area contributed by atoms with Crippen LogP contribution < -0.4 is 10.5 Å². The van der Waals surface area contributed by atoms with Gasteiger partial charge in [-0.3, -0.25) is 4.79 Å². The molecule has 0 fully saturated rings. The van der Waals surface area contributed by atoms with E-state index in [2.05, 4.69) is 17.6 Å². The summed E-state index contributed by atoms with van der Waals surface area (Å²) in [4.78, 5) is 12.3. The first-order chi connectivity index (χ1) is 13.0. The lowest BCUT2D eigenvalue weighted by atomic mass is 9.96. The first-order valence-electron chi connectivity index (χ1n) is 9.70. The molecule has 27 heavy (non-hydrogen) atoms. The summed E-state index contributed by atoms with van der Waals surface area (Å²) < 4.78 is 13.1. The minimum Gasteiger partial charge on any atom is -0.496 e. The van der Waals surface area contributed by atoms with Gasteiger partial charge in [-0.25, -0.2) is 0 Å². The predicted octanol–water partition coefficient (Wildman–Crippen LogP) is 4.26. The molecule has 0 saturated carbocycles. The number of methoxy groups -OCH3 is 1. The number of rotatable bonds is 10. The Hall–Kier alpha value is -2.27. The smallest absolute Gasteiger partial charge is 0.251 e. The van der Waals surface area contributed by atoms with Crippen LogP contribution in [0, 0.1) is 13.8 Å². The number of aryl methyl sites for hydroxylation is 1. The van der Waals surface area contributed by atoms with E-state index in [1.165, 1.54) is 5.69 Å². The molecule has 0 unspecified atom stereocenters. The number of nitrogens with zero attached hydrogens (tertiary/aromatic N) is 1. The molecular formula is C22H32N2O3. The van der Waals surface area contributed by atoms with Crippen LogP contribution in [0.25, 0.3) is 11.1 Å². The fourth-order valence-electron chi connectivity index (χ4n) is 3.71. The van der Waals surface area contributed by atoms with E-state index in [9.17, 15) is 4.79 Å². The van der Waals surface area contributed by atoms with Crippen molar-refractivity contribution in [3.63, 3.8) is 0 Å². The number of carbonyl (C=O) groups excluding carboxylic acids is 1. The SMILES string of the molecule is CCCc1c(-c2ccc(OC)c(C)c2)c(C(N)=O)c(C)n1CCCOCC. The van der Waals surface area contributed by atoms with Gasteiger partial charge in [0, 0.05) is 36.7 Å². The van der Waals surface area contributed by atoms with Crippen LogP contribution in [0.5, 0.6) is 5.75 Å². The van der Waals surface area contributed by atoms with Gasteiger partial charge in [-0.15, -0.1) is 0 Å². The number of aromatic nitrogens is 1. The van der Waals surface area contributed by atoms with Crippen LogP contribution in [-0.2, 0) is 17.7 Å². The van der Waals surface area contributed by atoms with Crippen LogP contribution in [0.3, 0.4) is 0 Å². The number of ether oxygens (including phenoxy) is 2. The normalized spacial score (nSPS) is 11.0. The quantitative estimate of drug-likeness (QED) is 0.634. The van der Waals surface area contributed by atoms with Crippen molar-refractivity contribution in [2.75, 3.05) is 20.3 Å². The molecule has 1 amide bonds. The highest BCUT2D eigenvalue weighted by Crippen LogP contribution is 2.35. The van der Waals surface area contributed by atoms with Crippen LogP contribution in [-0.4, -0.2) is 30.8 Å². The average molecular weight is 373 g/mol. The number of benzene rings is 1. The van der Waals surface area contributed by atoms with Crippen molar-refractivity contribution in [3.05, 3.63) is 40.7 Å². The third-order valence-corrected chi connectivity index (χ3v) is 4.92. The summed E-state index contributed by atoms with van der Waals surface area (Å²) in [6.45, 7) is 10.4. The maximum atomic E-state index is 12.3. The monoisotopic (exact) mass is 372 g/mol. The second kappa shape index (κ2) is 9.60. The molecular weight excluding hydrogens is 340 g/mol. The Kier molecular flexibility index (Phi) is 7.48. The molecule has 0 spiro atoms. The Morgan fingerprint density at radius 2 is 1.96 bits per heavy atom. The van der Waals surface area contributed by atoms with Crippen molar-refractivity contribution >= 4 is 5.91 Å². The molecule has 0 radical (unpaired) electrons. The van der Waals surface area contributed by atoms with Gasteiger partial charge in [-0.1, -0.05) is 19.4 Å². The summed E-state index contributed by atoms with van der Waals surface area (Å²) >= 11 is 0. The third-order valence-electron chi connectivity index (χ3n) is 4.92. The topological polar surface area (TPSA) is 66.5 Å². The van der Waals surface area contributed by atoms with E-state index in [1.54, 1.807) is 7.11 Å². The fraction of sp³-hybridized carbons (Fsp3) is 0.500. The molecule has 0 atom stereocenters. The van der Waals surface area contributed by atoms with E-state index in [1.807, 2.05) is 32.9 Å². The van der Waals surface area contributed by atoms with Gasteiger partial charge in [-0.2, -0.15) is 0 Å². The number of hydrogen-bond acceptors (Lipinski definition) is 3. The standard InChI is InChI=1S/C22H32N2O3/c1-6-9-18-21(17-10-11-19(26-5)15(3)14-17)20(22(23)25)16(4)24(18)12-8-13-27-7-2/h10-11,14H,6-9,12-13H2,1-5H3,(H2,23,25). The van der Waals surface area contributed by atoms with Crippen molar-refractivity contribution < 1.29 is 14.3 Å². The van der Waals surface area contributed by atoms with Gasteiger partial charge in [0.15, 0.2) is 0 Å². The maximum Gasteiger partial charge on any atom is 0.251 e. The predicted molar refractivity (Wildman–Crippen MR) is 110 cm³/mol. The van der Waals surface area contributed by atoms with Gasteiger partial charge in [0.1, 0.15) is 5.75 Å². The Morgan fingerprint density at radius 1 is 1.22 bits per heavy atom. The molecule has 148 valence electrons. The van der Waals surface area contributed by atoms with E-state index in [4.69, 9.17) is 15.2 Å². The molecule has 1 aromatic carbocycles. The summed E-state index contributed by atoms with van der Waals surface area (Å²) in [6, 6.07) is 6.04. The van der Waals surface area contributed by atoms with Gasteiger partial charge in [0.2, 0.25) is 0 Å². The summed E-state index contributed by atoms with van der Waals surface area (Å²) in [5, 5.41) is 0. The number of carbonyl (C=O) groups is 1. The highest BCUT2D eigenvalue weighted by atomic mass is 16.5. The second-order valence-corrected chi connectivity index (χ2v) is 6.78. The Morgan fingerprint density at radius 3 is 2.52 bits per heavy atom. The van der Waals surface area contributed by atoms with E-state index < -0.39 is 0 Å². The van der Waals surface area contributed by atoms with Gasteiger partial charge in [-0.05, 0) is 56.9 Å². The molecule has 5 heteroatoms. The molecule has 0 aliphatic heterocycles. The molecule has 0 aliphatic carbocycles. The number of hydrogen-bond donors (Lipinski definition) is 1. The van der Waals surface area contributed by atoms with Crippen LogP contribution in [0.4, 0.5) is 0 Å². The van der Waals surface area contributed by atoms with Crippen LogP contribution in [0.1, 0.15) is 54.0 Å². The van der Waals surface area contributed by atoms with Crippen LogP contribution in [0.15, 0.2) is 18.2 Å². The maximum absolute atomic E-state index is 12.3. The summed E-state index contributed by atoms with van der Waals surface area (Å²) in [5.41, 5.74) is 11.5. The van der Waals surface area contributed by atoms with Gasteiger partial charge >= 0.3 is 0 Å². The van der Waals surface area contributed by atoms with Crippen molar-refractivity contribution in [3.8, 4) is 16.9 Å². The molecule has 0 aliphatic rings. The zero-order valence-electron chi connectivity index (χ0n) is 17.2. The Bertz CT molecular complexity index is 793. The molecule has 1 aromatic heterocycles. The number of primary amides is 1. The zero-order valence-corrected chi connectivity index (χ0v) is 17.2. The van der Waals surface area contributed by atoms with E-state index in [0.717, 1.165) is 60.5 Å². The second-order valence-electron chi connectivity index (χ2n) is 6.78. The lowest BCUT2D eigenvalue weighted by Gasteiger charge is -2.13. The van der Waals surface area contributed by atoms with Crippen LogP contribution >= 0.6 is 0 Å². The fourth-order valence-corrected chi connectivity index (χ4v) is 3.71. The van der Waals surface area contributed by atoms with Gasteiger partial charge in [0.25, 0.3) is 5.91 Å². The third kappa shape index (κ3) is 4.53. The van der Waals surface area contributed by atoms with Crippen molar-refractivity contribution in [1.82, 2.24) is 4.57 Å². The molecule has 2 N–H and O–H groups in total. The molecule has 2 aromatic rings. The first-order valence-corrected chi connectivity index (χ1v) is 9.70. The van der Waals surface area contributed by atoms with Crippen molar-refractivity contribution in [1.29, 1.82) is 0 Å². The minimum absolute atomic E-state index is 0.378. The van der Waals surface area contributed by atoms with Crippen molar-refractivity contribution in [2.24, 2.45) is 5.73 Å². The average Bonchev–Trinajstić information content (AvgIpc) is 2.91. The molecule has 5 nitrogen and oxygen atoms in total. The van der Waals surface area contributed by atoms with E-state index in [0.29, 0.717) is 12.2 Å². The molecule has 0 saturated heterocycles. The van der Waals surface area contributed by atoms with Crippen LogP contribution in [0.2, 0.25) is 0 Å². The summed E-state index contributed by atoms with van der Waals surface area (Å²) in [5.74, 6) is 0.459. The first kappa shape index (κ1) is 21.0. The largest absolute Gasteiger partial charge is 0.496 e. The summed E-state index contributed by atoms with van der Waals surface area (Å²) in [6.07, 6.45) is 2.79. The lowest BCUT2D eigenvalue weighted by molar-refractivity contribution is 0.1000. The number of amides is 1. The van der Waals surface area contributed by atoms with Gasteiger partial charge in [0.05, 0.1) is 12.7 Å². The van der Waals surface area contributed by atoms with E-state index in [-0.39, 0.29) is 5.91 Å². The Balaban J connectivity index is 2.59. The molecule has 0 bridgehead atoms. The lowest BCUT2D eigenvalue weighted by Crippen LogP contribution is -2.14. The van der Waals surface area contributed by atoms with Gasteiger partial charge < -0.3 is 19.8 Å².